The van der Waals surface area contributed by atoms with E-state index in [4.69, 9.17) is 28.4 Å². The van der Waals surface area contributed by atoms with Crippen LogP contribution in [-0.4, -0.2) is 52.8 Å². The van der Waals surface area contributed by atoms with Gasteiger partial charge in [0.15, 0.2) is 5.60 Å². The van der Waals surface area contributed by atoms with Gasteiger partial charge in [0.25, 0.3) is 0 Å². The van der Waals surface area contributed by atoms with Crippen molar-refractivity contribution in [2.75, 3.05) is 34.9 Å². The third-order valence-electron chi connectivity index (χ3n) is 4.39. The van der Waals surface area contributed by atoms with Gasteiger partial charge in [0, 0.05) is 26.6 Å². The molecular formula is C20H32O7. The number of carbonyl (C=O) groups is 1. The van der Waals surface area contributed by atoms with Crippen LogP contribution < -0.4 is 0 Å². The molecule has 0 unspecified atom stereocenters. The number of hydrogen-bond acceptors (Lipinski definition) is 7. The number of rotatable bonds is 10. The highest BCUT2D eigenvalue weighted by Crippen LogP contribution is 2.43. The molecule has 3 atom stereocenters. The van der Waals surface area contributed by atoms with E-state index < -0.39 is 17.9 Å². The van der Waals surface area contributed by atoms with Crippen LogP contribution in [0.25, 0.3) is 0 Å². The fraction of sp³-hybridized carbons (Fsp3) is 0.650. The van der Waals surface area contributed by atoms with Crippen molar-refractivity contribution in [1.29, 1.82) is 0 Å². The molecule has 0 aromatic carbocycles. The van der Waals surface area contributed by atoms with Crippen molar-refractivity contribution in [3.05, 3.63) is 35.6 Å². The van der Waals surface area contributed by atoms with Crippen LogP contribution >= 0.6 is 0 Å². The molecule has 7 nitrogen and oxygen atoms in total. The summed E-state index contributed by atoms with van der Waals surface area (Å²) >= 11 is 0. The first-order chi connectivity index (χ1) is 12.8. The van der Waals surface area contributed by atoms with Crippen LogP contribution in [0, 0.1) is 5.92 Å². The molecule has 0 amide bonds. The van der Waals surface area contributed by atoms with Crippen molar-refractivity contribution in [2.24, 2.45) is 5.92 Å². The van der Waals surface area contributed by atoms with Crippen molar-refractivity contribution in [2.45, 2.75) is 45.3 Å². The number of carbonyl (C=O) groups excluding carboxylic acids is 1. The second-order valence-corrected chi connectivity index (χ2v) is 6.76. The van der Waals surface area contributed by atoms with Crippen molar-refractivity contribution >= 4 is 6.16 Å². The average Bonchev–Trinajstić information content (AvgIpc) is 2.63. The van der Waals surface area contributed by atoms with Crippen LogP contribution in [0.4, 0.5) is 4.79 Å². The molecule has 1 aliphatic carbocycles. The van der Waals surface area contributed by atoms with Crippen molar-refractivity contribution in [3.8, 4) is 0 Å². The van der Waals surface area contributed by atoms with Crippen LogP contribution in [0.15, 0.2) is 35.6 Å². The fourth-order valence-electron chi connectivity index (χ4n) is 2.89. The van der Waals surface area contributed by atoms with E-state index in [0.717, 1.165) is 11.1 Å². The van der Waals surface area contributed by atoms with Crippen LogP contribution in [0.1, 0.15) is 33.6 Å². The highest BCUT2D eigenvalue weighted by molar-refractivity contribution is 5.62. The summed E-state index contributed by atoms with van der Waals surface area (Å²) in [5.41, 5.74) is 0.959. The zero-order chi connectivity index (χ0) is 20.4. The third-order valence-corrected chi connectivity index (χ3v) is 4.39. The summed E-state index contributed by atoms with van der Waals surface area (Å²) in [5, 5.41) is 0. The van der Waals surface area contributed by atoms with Crippen LogP contribution in [-0.2, 0) is 28.4 Å². The van der Waals surface area contributed by atoms with Crippen molar-refractivity contribution in [1.82, 2.24) is 0 Å². The smallest absolute Gasteiger partial charge is 0.437 e. The summed E-state index contributed by atoms with van der Waals surface area (Å²) < 4.78 is 32.5. The summed E-state index contributed by atoms with van der Waals surface area (Å²) in [6, 6.07) is 0. The minimum absolute atomic E-state index is 0.00303. The second kappa shape index (κ2) is 11.2. The van der Waals surface area contributed by atoms with Gasteiger partial charge in [-0.3, -0.25) is 0 Å². The summed E-state index contributed by atoms with van der Waals surface area (Å²) in [5.74, 6) is 0.279. The Morgan fingerprint density at radius 3 is 2.41 bits per heavy atom. The Morgan fingerprint density at radius 1 is 1.22 bits per heavy atom. The normalized spacial score (nSPS) is 24.7. The zero-order valence-electron chi connectivity index (χ0n) is 17.2. The van der Waals surface area contributed by atoms with Gasteiger partial charge in [0.1, 0.15) is 19.3 Å². The minimum Gasteiger partial charge on any atom is -0.437 e. The molecular weight excluding hydrogens is 352 g/mol. The van der Waals surface area contributed by atoms with E-state index in [1.54, 1.807) is 7.11 Å². The summed E-state index contributed by atoms with van der Waals surface area (Å²) in [6.45, 7) is 10.00. The third kappa shape index (κ3) is 6.46. The van der Waals surface area contributed by atoms with E-state index in [9.17, 15) is 4.79 Å². The van der Waals surface area contributed by atoms with Crippen molar-refractivity contribution in [3.63, 3.8) is 0 Å². The molecule has 0 saturated heterocycles. The Hall–Kier alpha value is -1.67. The van der Waals surface area contributed by atoms with Gasteiger partial charge < -0.3 is 28.4 Å². The predicted molar refractivity (Wildman–Crippen MR) is 101 cm³/mol. The fourth-order valence-corrected chi connectivity index (χ4v) is 2.89. The van der Waals surface area contributed by atoms with E-state index in [1.807, 2.05) is 32.9 Å². The van der Waals surface area contributed by atoms with Gasteiger partial charge in [0.2, 0.25) is 0 Å². The van der Waals surface area contributed by atoms with Crippen LogP contribution in [0.2, 0.25) is 0 Å². The summed E-state index contributed by atoms with van der Waals surface area (Å²) in [7, 11) is 4.34. The molecule has 1 aliphatic rings. The van der Waals surface area contributed by atoms with Crippen LogP contribution in [0.5, 0.6) is 0 Å². The molecule has 0 aliphatic heterocycles. The topological polar surface area (TPSA) is 72.5 Å². The zero-order valence-corrected chi connectivity index (χ0v) is 17.2. The molecule has 0 saturated carbocycles. The van der Waals surface area contributed by atoms with Crippen LogP contribution in [0.3, 0.4) is 0 Å². The largest absolute Gasteiger partial charge is 0.513 e. The Balaban J connectivity index is 3.46. The lowest BCUT2D eigenvalue weighted by Gasteiger charge is -2.44. The Bertz CT molecular complexity index is 563. The Kier molecular flexibility index (Phi) is 9.73. The van der Waals surface area contributed by atoms with Gasteiger partial charge in [-0.25, -0.2) is 4.79 Å². The quantitative estimate of drug-likeness (QED) is 0.321. The SMILES string of the molecule is C=C(C)[C@H]1C=C(OC(=O)OC)[C@](CC=C(C)C)(OCOC)[C@H](OCOC)C1. The maximum Gasteiger partial charge on any atom is 0.513 e. The summed E-state index contributed by atoms with van der Waals surface area (Å²) in [4.78, 5) is 11.9. The standard InChI is InChI=1S/C20H32O7/c1-14(2)8-9-20(26-13-23-6)17(25-12-22-5)10-16(15(3)4)11-18(20)27-19(21)24-7/h8,11,16-17H,3,9-10,12-13H2,1-2,4-7H3/t16-,17-,20-/m1/s1. The molecule has 0 N–H and O–H groups in total. The Morgan fingerprint density at radius 2 is 1.89 bits per heavy atom. The minimum atomic E-state index is -1.06. The van der Waals surface area contributed by atoms with Gasteiger partial charge in [-0.05, 0) is 33.3 Å². The Labute approximate surface area is 161 Å². The van der Waals surface area contributed by atoms with E-state index in [-0.39, 0.29) is 19.5 Å². The molecule has 27 heavy (non-hydrogen) atoms. The second-order valence-electron chi connectivity index (χ2n) is 6.76. The van der Waals surface area contributed by atoms with E-state index in [0.29, 0.717) is 18.6 Å². The van der Waals surface area contributed by atoms with Gasteiger partial charge in [-0.15, -0.1) is 0 Å². The molecule has 1 rings (SSSR count). The number of allylic oxidation sites excluding steroid dienone is 3. The molecule has 0 fully saturated rings. The molecule has 154 valence electrons. The van der Waals surface area contributed by atoms with Gasteiger partial charge in [0.05, 0.1) is 13.2 Å². The highest BCUT2D eigenvalue weighted by Gasteiger charge is 2.50. The molecule has 0 spiro atoms. The lowest BCUT2D eigenvalue weighted by Crippen LogP contribution is -2.52. The van der Waals surface area contributed by atoms with Gasteiger partial charge >= 0.3 is 6.16 Å². The summed E-state index contributed by atoms with van der Waals surface area (Å²) in [6.07, 6.45) is 3.62. The molecule has 0 aromatic heterocycles. The molecule has 0 bridgehead atoms. The molecule has 0 aromatic rings. The lowest BCUT2D eigenvalue weighted by atomic mass is 9.76. The number of hydrogen-bond donors (Lipinski definition) is 0. The van der Waals surface area contributed by atoms with E-state index in [1.165, 1.54) is 14.2 Å². The first-order valence-electron chi connectivity index (χ1n) is 8.81. The maximum atomic E-state index is 11.9. The predicted octanol–water partition coefficient (Wildman–Crippen LogP) is 3.95. The maximum absolute atomic E-state index is 11.9. The first kappa shape index (κ1) is 23.4. The lowest BCUT2D eigenvalue weighted by molar-refractivity contribution is -0.211. The number of methoxy groups -OCH3 is 3. The first-order valence-corrected chi connectivity index (χ1v) is 8.81. The van der Waals surface area contributed by atoms with Gasteiger partial charge in [-0.2, -0.15) is 0 Å². The molecule has 7 heteroatoms. The molecule has 0 radical (unpaired) electrons. The molecule has 0 heterocycles. The highest BCUT2D eigenvalue weighted by atomic mass is 16.7. The van der Waals surface area contributed by atoms with Crippen molar-refractivity contribution < 1.29 is 33.2 Å². The van der Waals surface area contributed by atoms with E-state index >= 15 is 0 Å². The average molecular weight is 384 g/mol. The van der Waals surface area contributed by atoms with E-state index in [2.05, 4.69) is 6.58 Å². The van der Waals surface area contributed by atoms with Gasteiger partial charge in [-0.1, -0.05) is 23.8 Å². The monoisotopic (exact) mass is 384 g/mol. The number of ether oxygens (including phenoxy) is 6.